The molecule has 0 spiro atoms. The minimum Gasteiger partial charge on any atom is -0.507 e. The Hall–Kier alpha value is -3.22. The number of halogens is 3. The molecule has 2 heterocycles. The van der Waals surface area contributed by atoms with Crippen molar-refractivity contribution in [3.05, 3.63) is 88.8 Å². The minimum atomic E-state index is -4.49. The van der Waals surface area contributed by atoms with Crippen LogP contribution in [-0.2, 0) is 6.42 Å². The second-order valence-corrected chi connectivity index (χ2v) is 7.45. The quantitative estimate of drug-likeness (QED) is 0.782. The Morgan fingerprint density at radius 2 is 1.80 bits per heavy atom. The molecule has 2 aromatic rings. The van der Waals surface area contributed by atoms with E-state index in [2.05, 4.69) is 10.3 Å². The lowest BCUT2D eigenvalue weighted by Crippen LogP contribution is -2.44. The number of benzene rings is 2. The topological polar surface area (TPSA) is 47.9 Å². The van der Waals surface area contributed by atoms with E-state index in [9.17, 15) is 18.3 Å². The molecule has 4 nitrogen and oxygen atoms in total. The highest BCUT2D eigenvalue weighted by atomic mass is 19.4. The summed E-state index contributed by atoms with van der Waals surface area (Å²) >= 11 is 0. The van der Waals surface area contributed by atoms with E-state index in [-0.39, 0.29) is 17.9 Å². The Balaban J connectivity index is 1.77. The molecule has 0 saturated heterocycles. The fourth-order valence-corrected chi connectivity index (χ4v) is 3.78. The van der Waals surface area contributed by atoms with Crippen LogP contribution in [0.5, 0.6) is 5.75 Å². The predicted octanol–water partition coefficient (Wildman–Crippen LogP) is 4.39. The molecule has 30 heavy (non-hydrogen) atoms. The average Bonchev–Trinajstić information content (AvgIpc) is 2.71. The third kappa shape index (κ3) is 4.06. The second kappa shape index (κ2) is 7.89. The number of aliphatic imine (C=N–C) groups is 1. The van der Waals surface area contributed by atoms with E-state index in [1.807, 2.05) is 30.3 Å². The maximum absolute atomic E-state index is 13.7. The van der Waals surface area contributed by atoms with Crippen LogP contribution in [0.1, 0.15) is 18.1 Å². The lowest BCUT2D eigenvalue weighted by molar-refractivity contribution is -0.0985. The third-order valence-electron chi connectivity index (χ3n) is 5.21. The molecule has 0 amide bonds. The van der Waals surface area contributed by atoms with Crippen LogP contribution in [-0.4, -0.2) is 41.1 Å². The molecule has 4 rings (SSSR count). The Labute approximate surface area is 173 Å². The number of dihydropyridines is 1. The monoisotopic (exact) mass is 413 g/mol. The van der Waals surface area contributed by atoms with Gasteiger partial charge in [0, 0.05) is 24.7 Å². The van der Waals surface area contributed by atoms with Gasteiger partial charge in [0.2, 0.25) is 0 Å². The summed E-state index contributed by atoms with van der Waals surface area (Å²) in [6.45, 7) is 2.18. The minimum absolute atomic E-state index is 0.0482. The van der Waals surface area contributed by atoms with E-state index in [1.165, 1.54) is 0 Å². The zero-order valence-corrected chi connectivity index (χ0v) is 16.4. The van der Waals surface area contributed by atoms with Gasteiger partial charge in [-0.2, -0.15) is 13.2 Å². The number of nitrogens with one attached hydrogen (secondary N) is 1. The molecular weight excluding hydrogens is 391 g/mol. The summed E-state index contributed by atoms with van der Waals surface area (Å²) in [5.41, 5.74) is 1.29. The molecule has 0 aromatic heterocycles. The lowest BCUT2D eigenvalue weighted by Gasteiger charge is -2.36. The van der Waals surface area contributed by atoms with Crippen molar-refractivity contribution in [3.63, 3.8) is 0 Å². The molecule has 2 aliphatic rings. The summed E-state index contributed by atoms with van der Waals surface area (Å²) in [6.07, 6.45) is -2.15. The molecule has 7 heteroatoms. The van der Waals surface area contributed by atoms with E-state index >= 15 is 0 Å². The van der Waals surface area contributed by atoms with Crippen molar-refractivity contribution in [2.75, 3.05) is 13.1 Å². The van der Waals surface area contributed by atoms with Crippen LogP contribution < -0.4 is 5.32 Å². The number of hydrogen-bond donors (Lipinski definition) is 2. The van der Waals surface area contributed by atoms with Crippen molar-refractivity contribution in [3.8, 4) is 5.75 Å². The van der Waals surface area contributed by atoms with Gasteiger partial charge in [-0.3, -0.25) is 0 Å². The summed E-state index contributed by atoms with van der Waals surface area (Å²) in [5, 5.41) is 12.9. The molecule has 2 N–H and O–H groups in total. The summed E-state index contributed by atoms with van der Waals surface area (Å²) in [7, 11) is 0. The van der Waals surface area contributed by atoms with Gasteiger partial charge in [-0.25, -0.2) is 4.99 Å². The highest BCUT2D eigenvalue weighted by molar-refractivity contribution is 6.03. The number of para-hydroxylation sites is 1. The van der Waals surface area contributed by atoms with Crippen molar-refractivity contribution in [1.29, 1.82) is 0 Å². The van der Waals surface area contributed by atoms with Crippen molar-refractivity contribution in [1.82, 2.24) is 10.2 Å². The van der Waals surface area contributed by atoms with E-state index in [4.69, 9.17) is 0 Å². The van der Waals surface area contributed by atoms with Crippen molar-refractivity contribution < 1.29 is 18.3 Å². The maximum Gasteiger partial charge on any atom is 0.431 e. The smallest absolute Gasteiger partial charge is 0.431 e. The average molecular weight is 413 g/mol. The number of fused-ring (bicyclic) bond motifs is 1. The van der Waals surface area contributed by atoms with Gasteiger partial charge in [-0.15, -0.1) is 0 Å². The summed E-state index contributed by atoms with van der Waals surface area (Å²) in [6, 6.07) is 16.0. The Morgan fingerprint density at radius 1 is 1.10 bits per heavy atom. The largest absolute Gasteiger partial charge is 0.507 e. The Kier molecular flexibility index (Phi) is 5.28. The zero-order valence-electron chi connectivity index (χ0n) is 16.4. The van der Waals surface area contributed by atoms with Crippen LogP contribution in [0.25, 0.3) is 0 Å². The number of alkyl halides is 3. The molecule has 0 radical (unpaired) electrons. The molecule has 0 fully saturated rings. The van der Waals surface area contributed by atoms with Gasteiger partial charge in [0.1, 0.15) is 17.3 Å². The van der Waals surface area contributed by atoms with Gasteiger partial charge in [0.15, 0.2) is 0 Å². The molecule has 2 aromatic carbocycles. The first kappa shape index (κ1) is 20.1. The van der Waals surface area contributed by atoms with E-state index in [0.717, 1.165) is 5.56 Å². The first-order chi connectivity index (χ1) is 14.3. The number of phenolic OH excluding ortho intramolecular Hbond substituents is 1. The highest BCUT2D eigenvalue weighted by Gasteiger charge is 2.41. The number of nitrogens with zero attached hydrogens (tertiary/aromatic N) is 2. The van der Waals surface area contributed by atoms with Crippen LogP contribution in [0.3, 0.4) is 0 Å². The van der Waals surface area contributed by atoms with Gasteiger partial charge in [0.05, 0.1) is 11.3 Å². The van der Waals surface area contributed by atoms with Gasteiger partial charge in [0.25, 0.3) is 0 Å². The number of hydrogen-bond acceptors (Lipinski definition) is 4. The van der Waals surface area contributed by atoms with Gasteiger partial charge in [-0.1, -0.05) is 42.5 Å². The number of aromatic hydroxyl groups is 1. The number of amidine groups is 1. The first-order valence-electron chi connectivity index (χ1n) is 9.78. The standard InChI is InChI=1S/C23H22F3N3O/c1-15-13-19-18(21(27-15)23(24,25)26)14-29(12-11-16-7-3-2-4-8-16)22(28-19)17-9-5-6-10-20(17)30/h2-10,13,15,27,30H,11-12,14H2,1H3. The van der Waals surface area contributed by atoms with E-state index in [1.54, 1.807) is 42.2 Å². The summed E-state index contributed by atoms with van der Waals surface area (Å²) in [5.74, 6) is 0.529. The maximum atomic E-state index is 13.7. The van der Waals surface area contributed by atoms with E-state index < -0.39 is 17.9 Å². The van der Waals surface area contributed by atoms with Crippen LogP contribution in [0.15, 0.2) is 82.6 Å². The SMILES string of the molecule is CC1C=C2N=C(c3ccccc3O)N(CCc3ccccc3)CC2=C(C(F)(F)F)N1. The molecule has 1 atom stereocenters. The molecule has 0 saturated carbocycles. The molecule has 0 aliphatic carbocycles. The van der Waals surface area contributed by atoms with Gasteiger partial charge < -0.3 is 15.3 Å². The second-order valence-electron chi connectivity index (χ2n) is 7.45. The fourth-order valence-electron chi connectivity index (χ4n) is 3.78. The number of rotatable bonds is 4. The van der Waals surface area contributed by atoms with E-state index in [0.29, 0.717) is 30.1 Å². The molecule has 0 bridgehead atoms. The third-order valence-corrected chi connectivity index (χ3v) is 5.21. The van der Waals surface area contributed by atoms with Gasteiger partial charge >= 0.3 is 6.18 Å². The normalized spacial score (nSPS) is 19.1. The molecule has 1 unspecified atom stereocenters. The highest BCUT2D eigenvalue weighted by Crippen LogP contribution is 2.36. The van der Waals surface area contributed by atoms with Crippen molar-refractivity contribution >= 4 is 5.84 Å². The molecule has 156 valence electrons. The molecule has 2 aliphatic heterocycles. The van der Waals surface area contributed by atoms with Crippen molar-refractivity contribution in [2.45, 2.75) is 25.6 Å². The summed E-state index contributed by atoms with van der Waals surface area (Å²) in [4.78, 5) is 6.39. The Morgan fingerprint density at radius 3 is 2.50 bits per heavy atom. The van der Waals surface area contributed by atoms with Crippen LogP contribution >= 0.6 is 0 Å². The van der Waals surface area contributed by atoms with Crippen LogP contribution in [0.2, 0.25) is 0 Å². The summed E-state index contributed by atoms with van der Waals surface area (Å²) < 4.78 is 41.1. The van der Waals surface area contributed by atoms with Crippen LogP contribution in [0.4, 0.5) is 13.2 Å². The van der Waals surface area contributed by atoms with Gasteiger partial charge in [-0.05, 0) is 37.1 Å². The van der Waals surface area contributed by atoms with Crippen molar-refractivity contribution in [2.24, 2.45) is 4.99 Å². The lowest BCUT2D eigenvalue weighted by atomic mass is 9.98. The Bertz CT molecular complexity index is 1030. The number of phenols is 1. The predicted molar refractivity (Wildman–Crippen MR) is 110 cm³/mol. The number of allylic oxidation sites excluding steroid dienone is 1. The first-order valence-corrected chi connectivity index (χ1v) is 9.78. The fraction of sp³-hybridized carbons (Fsp3) is 0.261. The molecular formula is C23H22F3N3O. The van der Waals surface area contributed by atoms with Crippen LogP contribution in [0, 0.1) is 0 Å². The zero-order chi connectivity index (χ0) is 21.3.